The van der Waals surface area contributed by atoms with Crippen molar-refractivity contribution in [1.82, 2.24) is 0 Å². The molecule has 0 rings (SSSR count). The molecule has 0 radical (unpaired) electrons. The Kier molecular flexibility index (Phi) is 10.3. The van der Waals surface area contributed by atoms with Crippen molar-refractivity contribution >= 4 is 0 Å². The van der Waals surface area contributed by atoms with Crippen LogP contribution in [0.3, 0.4) is 0 Å². The first-order chi connectivity index (χ1) is 5.18. The summed E-state index contributed by atoms with van der Waals surface area (Å²) in [7, 11) is 0. The summed E-state index contributed by atoms with van der Waals surface area (Å²) < 4.78 is 12.2. The lowest BCUT2D eigenvalue weighted by atomic mass is 10.2. The van der Waals surface area contributed by atoms with E-state index in [2.05, 4.69) is 12.8 Å². The normalized spacial score (nSPS) is 11.8. The van der Waals surface area contributed by atoms with Crippen LogP contribution in [0.4, 0.5) is 4.39 Å². The summed E-state index contributed by atoms with van der Waals surface area (Å²) in [4.78, 5) is 0. The highest BCUT2D eigenvalue weighted by atomic mass is 19.1. The zero-order valence-corrected chi connectivity index (χ0v) is 7.39. The summed E-state index contributed by atoms with van der Waals surface area (Å²) in [6, 6.07) is 0. The van der Waals surface area contributed by atoms with E-state index in [1.807, 2.05) is 13.0 Å². The van der Waals surface area contributed by atoms with Crippen LogP contribution in [0, 0.1) is 12.8 Å². The van der Waals surface area contributed by atoms with Gasteiger partial charge in [0.15, 0.2) is 0 Å². The lowest BCUT2D eigenvalue weighted by molar-refractivity contribution is 0.631. The standard InChI is InChI=1S/C8H13F.C2H2/c1-4-5-6-7(2)8(3)9;1-2/h5-6H,4H2,1-3H3;1-2H/b6-5-,8-7+;. The van der Waals surface area contributed by atoms with Crippen LogP contribution in [0.1, 0.15) is 27.2 Å². The van der Waals surface area contributed by atoms with Gasteiger partial charge in [-0.3, -0.25) is 0 Å². The molecule has 0 nitrogen and oxygen atoms in total. The second-order valence-corrected chi connectivity index (χ2v) is 2.03. The summed E-state index contributed by atoms with van der Waals surface area (Å²) in [6.07, 6.45) is 12.7. The van der Waals surface area contributed by atoms with E-state index >= 15 is 0 Å². The zero-order chi connectivity index (χ0) is 9.28. The van der Waals surface area contributed by atoms with Gasteiger partial charge in [0, 0.05) is 0 Å². The van der Waals surface area contributed by atoms with Crippen LogP contribution in [0.2, 0.25) is 0 Å². The molecule has 0 unspecified atom stereocenters. The van der Waals surface area contributed by atoms with Crippen molar-refractivity contribution < 1.29 is 4.39 Å². The molecule has 0 heterocycles. The van der Waals surface area contributed by atoms with E-state index in [0.717, 1.165) is 12.0 Å². The SMILES string of the molecule is C#C.CC/C=C\C(C)=C(/C)F. The first-order valence-electron chi connectivity index (χ1n) is 3.51. The fourth-order valence-corrected chi connectivity index (χ4v) is 0.409. The van der Waals surface area contributed by atoms with Crippen molar-refractivity contribution in [2.45, 2.75) is 27.2 Å². The smallest absolute Gasteiger partial charge is 0.0997 e. The number of rotatable bonds is 2. The Morgan fingerprint density at radius 1 is 1.36 bits per heavy atom. The molecular formula is C10H15F. The first-order valence-corrected chi connectivity index (χ1v) is 3.51. The van der Waals surface area contributed by atoms with E-state index < -0.39 is 0 Å². The maximum atomic E-state index is 12.2. The highest BCUT2D eigenvalue weighted by Gasteiger charge is 1.86. The monoisotopic (exact) mass is 154 g/mol. The lowest BCUT2D eigenvalue weighted by Crippen LogP contribution is -1.70. The van der Waals surface area contributed by atoms with Crippen molar-refractivity contribution in [2.75, 3.05) is 0 Å². The molecule has 0 aliphatic carbocycles. The Labute approximate surface area is 68.8 Å². The van der Waals surface area contributed by atoms with Crippen molar-refractivity contribution in [1.29, 1.82) is 0 Å². The molecule has 0 saturated heterocycles. The Morgan fingerprint density at radius 3 is 2.09 bits per heavy atom. The Balaban J connectivity index is 0. The number of allylic oxidation sites excluding steroid dienone is 4. The van der Waals surface area contributed by atoms with Crippen molar-refractivity contribution in [2.24, 2.45) is 0 Å². The van der Waals surface area contributed by atoms with E-state index in [0.29, 0.717) is 0 Å². The predicted molar refractivity (Wildman–Crippen MR) is 48.8 cm³/mol. The van der Waals surface area contributed by atoms with E-state index in [-0.39, 0.29) is 5.83 Å². The van der Waals surface area contributed by atoms with Gasteiger partial charge in [0.05, 0.1) is 5.83 Å². The van der Waals surface area contributed by atoms with Crippen LogP contribution in [-0.4, -0.2) is 0 Å². The third-order valence-corrected chi connectivity index (χ3v) is 1.15. The minimum absolute atomic E-state index is 0.0975. The van der Waals surface area contributed by atoms with Gasteiger partial charge >= 0.3 is 0 Å². The topological polar surface area (TPSA) is 0 Å². The minimum atomic E-state index is -0.0975. The Bertz CT molecular complexity index is 157. The Morgan fingerprint density at radius 2 is 1.82 bits per heavy atom. The fraction of sp³-hybridized carbons (Fsp3) is 0.400. The summed E-state index contributed by atoms with van der Waals surface area (Å²) in [6.45, 7) is 5.26. The molecule has 11 heavy (non-hydrogen) atoms. The molecule has 0 saturated carbocycles. The molecule has 0 fully saturated rings. The van der Waals surface area contributed by atoms with Crippen LogP contribution in [-0.2, 0) is 0 Å². The molecule has 0 bridgehead atoms. The number of halogens is 1. The van der Waals surface area contributed by atoms with Gasteiger partial charge in [-0.05, 0) is 25.8 Å². The van der Waals surface area contributed by atoms with E-state index in [1.165, 1.54) is 6.92 Å². The molecule has 0 aromatic rings. The molecule has 0 aromatic heterocycles. The van der Waals surface area contributed by atoms with Gasteiger partial charge in [-0.15, -0.1) is 12.8 Å². The molecule has 0 aliphatic heterocycles. The summed E-state index contributed by atoms with van der Waals surface area (Å²) in [5.74, 6) is -0.0975. The molecule has 0 spiro atoms. The number of hydrogen-bond acceptors (Lipinski definition) is 0. The molecule has 0 amide bonds. The molecule has 0 aromatic carbocycles. The van der Waals surface area contributed by atoms with Gasteiger partial charge in [0.1, 0.15) is 0 Å². The molecule has 62 valence electrons. The van der Waals surface area contributed by atoms with Crippen LogP contribution in [0.25, 0.3) is 0 Å². The van der Waals surface area contributed by atoms with Crippen LogP contribution in [0.5, 0.6) is 0 Å². The summed E-state index contributed by atoms with van der Waals surface area (Å²) in [5, 5.41) is 0. The zero-order valence-electron chi connectivity index (χ0n) is 7.39. The largest absolute Gasteiger partial charge is 0.212 e. The third kappa shape index (κ3) is 8.97. The Hall–Kier alpha value is -1.03. The van der Waals surface area contributed by atoms with Gasteiger partial charge in [0.25, 0.3) is 0 Å². The van der Waals surface area contributed by atoms with Crippen LogP contribution >= 0.6 is 0 Å². The van der Waals surface area contributed by atoms with Crippen molar-refractivity contribution in [3.05, 3.63) is 23.6 Å². The van der Waals surface area contributed by atoms with E-state index in [4.69, 9.17) is 0 Å². The first kappa shape index (κ1) is 12.6. The fourth-order valence-electron chi connectivity index (χ4n) is 0.409. The second-order valence-electron chi connectivity index (χ2n) is 2.03. The molecule has 1 heteroatoms. The third-order valence-electron chi connectivity index (χ3n) is 1.15. The quantitative estimate of drug-likeness (QED) is 0.422. The average molecular weight is 154 g/mol. The van der Waals surface area contributed by atoms with Crippen molar-refractivity contribution in [3.63, 3.8) is 0 Å². The maximum absolute atomic E-state index is 12.2. The van der Waals surface area contributed by atoms with Crippen LogP contribution < -0.4 is 0 Å². The second kappa shape index (κ2) is 8.97. The van der Waals surface area contributed by atoms with Gasteiger partial charge in [-0.2, -0.15) is 0 Å². The van der Waals surface area contributed by atoms with Gasteiger partial charge in [0.2, 0.25) is 0 Å². The minimum Gasteiger partial charge on any atom is -0.212 e. The lowest BCUT2D eigenvalue weighted by Gasteiger charge is -1.89. The van der Waals surface area contributed by atoms with Gasteiger partial charge in [-0.25, -0.2) is 4.39 Å². The molecule has 0 atom stereocenters. The van der Waals surface area contributed by atoms with E-state index in [1.54, 1.807) is 13.0 Å². The number of terminal acetylenes is 1. The molecule has 0 N–H and O–H groups in total. The average Bonchev–Trinajstić information content (AvgIpc) is 2.03. The molecular weight excluding hydrogens is 139 g/mol. The summed E-state index contributed by atoms with van der Waals surface area (Å²) >= 11 is 0. The van der Waals surface area contributed by atoms with E-state index in [9.17, 15) is 4.39 Å². The number of hydrogen-bond donors (Lipinski definition) is 0. The van der Waals surface area contributed by atoms with Crippen LogP contribution in [0.15, 0.2) is 23.6 Å². The summed E-state index contributed by atoms with van der Waals surface area (Å²) in [5.41, 5.74) is 0.719. The highest BCUT2D eigenvalue weighted by molar-refractivity contribution is 5.17. The van der Waals surface area contributed by atoms with Crippen molar-refractivity contribution in [3.8, 4) is 12.8 Å². The van der Waals surface area contributed by atoms with Gasteiger partial charge in [-0.1, -0.05) is 19.1 Å². The molecule has 0 aliphatic rings. The maximum Gasteiger partial charge on any atom is 0.0997 e. The van der Waals surface area contributed by atoms with Gasteiger partial charge < -0.3 is 0 Å². The predicted octanol–water partition coefficient (Wildman–Crippen LogP) is 3.47. The highest BCUT2D eigenvalue weighted by Crippen LogP contribution is 2.05.